The highest BCUT2D eigenvalue weighted by Gasteiger charge is 2.10. The first kappa shape index (κ1) is 18.9. The van der Waals surface area contributed by atoms with Gasteiger partial charge in [-0.05, 0) is 22.9 Å². The lowest BCUT2D eigenvalue weighted by molar-refractivity contribution is -0.120. The van der Waals surface area contributed by atoms with Crippen LogP contribution in [0, 0.1) is 0 Å². The molecule has 3 aromatic rings. The summed E-state index contributed by atoms with van der Waals surface area (Å²) >= 11 is 11.9. The Hall–Kier alpha value is -2.89. The maximum Gasteiger partial charge on any atom is 0.259 e. The van der Waals surface area contributed by atoms with E-state index in [9.17, 15) is 9.59 Å². The maximum atomic E-state index is 12.4. The number of hydrogen-bond acceptors (Lipinski definition) is 3. The summed E-state index contributed by atoms with van der Waals surface area (Å²) < 4.78 is 0. The average molecular weight is 400 g/mol. The van der Waals surface area contributed by atoms with Crippen LogP contribution in [0.3, 0.4) is 0 Å². The van der Waals surface area contributed by atoms with E-state index in [0.29, 0.717) is 21.2 Å². The van der Waals surface area contributed by atoms with Crippen molar-refractivity contribution in [1.29, 1.82) is 0 Å². The molecule has 0 bridgehead atoms. The van der Waals surface area contributed by atoms with Gasteiger partial charge in [0.2, 0.25) is 0 Å². The van der Waals surface area contributed by atoms with Crippen molar-refractivity contribution in [2.24, 2.45) is 5.10 Å². The number of rotatable bonds is 5. The van der Waals surface area contributed by atoms with Crippen molar-refractivity contribution in [1.82, 2.24) is 10.7 Å². The number of amides is 2. The van der Waals surface area contributed by atoms with Crippen LogP contribution >= 0.6 is 23.2 Å². The first-order valence-corrected chi connectivity index (χ1v) is 8.84. The Kier molecular flexibility index (Phi) is 6.06. The highest BCUT2D eigenvalue weighted by atomic mass is 35.5. The van der Waals surface area contributed by atoms with E-state index in [1.807, 2.05) is 30.3 Å². The number of nitrogens with one attached hydrogen (secondary N) is 2. The lowest BCUT2D eigenvalue weighted by Crippen LogP contribution is -2.35. The summed E-state index contributed by atoms with van der Waals surface area (Å²) in [5, 5.41) is 8.94. The second kappa shape index (κ2) is 8.66. The Morgan fingerprint density at radius 1 is 0.963 bits per heavy atom. The molecule has 0 aromatic heterocycles. The van der Waals surface area contributed by atoms with Crippen LogP contribution in [0.4, 0.5) is 0 Å². The van der Waals surface area contributed by atoms with Crippen LogP contribution < -0.4 is 10.7 Å². The molecule has 3 aromatic carbocycles. The van der Waals surface area contributed by atoms with Gasteiger partial charge in [0.05, 0.1) is 22.8 Å². The van der Waals surface area contributed by atoms with E-state index in [4.69, 9.17) is 23.2 Å². The topological polar surface area (TPSA) is 70.6 Å². The third-order valence-electron chi connectivity index (χ3n) is 3.82. The van der Waals surface area contributed by atoms with Crippen LogP contribution in [-0.4, -0.2) is 24.6 Å². The van der Waals surface area contributed by atoms with Crippen molar-refractivity contribution < 1.29 is 9.59 Å². The van der Waals surface area contributed by atoms with Crippen molar-refractivity contribution >= 4 is 52.0 Å². The molecule has 7 heteroatoms. The van der Waals surface area contributed by atoms with E-state index in [1.165, 1.54) is 6.21 Å². The van der Waals surface area contributed by atoms with Gasteiger partial charge in [0.15, 0.2) is 0 Å². The summed E-state index contributed by atoms with van der Waals surface area (Å²) in [6, 6.07) is 18.1. The number of hydrazone groups is 1. The summed E-state index contributed by atoms with van der Waals surface area (Å²) in [5.41, 5.74) is 3.42. The molecule has 0 aliphatic heterocycles. The Labute approximate surface area is 166 Å². The first-order valence-electron chi connectivity index (χ1n) is 8.08. The van der Waals surface area contributed by atoms with Crippen molar-refractivity contribution in [3.63, 3.8) is 0 Å². The molecule has 5 nitrogen and oxygen atoms in total. The Bertz CT molecular complexity index is 1030. The normalized spacial score (nSPS) is 10.9. The lowest BCUT2D eigenvalue weighted by Gasteiger charge is -2.07. The smallest absolute Gasteiger partial charge is 0.259 e. The molecule has 0 fully saturated rings. The molecule has 0 saturated heterocycles. The molecule has 2 amide bonds. The lowest BCUT2D eigenvalue weighted by atomic mass is 10.0. The number of carbonyl (C=O) groups excluding carboxylic acids is 2. The minimum absolute atomic E-state index is 0.206. The van der Waals surface area contributed by atoms with Crippen LogP contribution in [-0.2, 0) is 4.79 Å². The van der Waals surface area contributed by atoms with E-state index in [-0.39, 0.29) is 12.5 Å². The zero-order valence-corrected chi connectivity index (χ0v) is 15.6. The number of hydrogen-bond donors (Lipinski definition) is 2. The van der Waals surface area contributed by atoms with Gasteiger partial charge in [-0.2, -0.15) is 5.10 Å². The Morgan fingerprint density at radius 3 is 2.56 bits per heavy atom. The van der Waals surface area contributed by atoms with Crippen LogP contribution in [0.1, 0.15) is 15.9 Å². The van der Waals surface area contributed by atoms with Gasteiger partial charge in [0.25, 0.3) is 11.8 Å². The largest absolute Gasteiger partial charge is 0.343 e. The molecule has 3 rings (SSSR count). The molecule has 0 aliphatic rings. The maximum absolute atomic E-state index is 12.4. The number of fused-ring (bicyclic) bond motifs is 1. The molecule has 0 atom stereocenters. The highest BCUT2D eigenvalue weighted by Crippen LogP contribution is 2.24. The predicted octanol–water partition coefficient (Wildman–Crippen LogP) is 4.03. The fourth-order valence-corrected chi connectivity index (χ4v) is 2.87. The molecule has 27 heavy (non-hydrogen) atoms. The van der Waals surface area contributed by atoms with E-state index >= 15 is 0 Å². The van der Waals surface area contributed by atoms with Gasteiger partial charge in [-0.1, -0.05) is 71.7 Å². The predicted molar refractivity (Wildman–Crippen MR) is 108 cm³/mol. The molecular weight excluding hydrogens is 385 g/mol. The standard InChI is InChI=1S/C20H15Cl2N3O2/c21-17-10-4-7-14(19(17)22)11-24-25-18(26)12-23-20(27)16-9-3-6-13-5-1-2-8-15(13)16/h1-11H,12H2,(H,23,27)(H,25,26). The van der Waals surface area contributed by atoms with Crippen LogP contribution in [0.2, 0.25) is 10.0 Å². The molecule has 0 heterocycles. The van der Waals surface area contributed by atoms with Gasteiger partial charge in [0, 0.05) is 11.1 Å². The van der Waals surface area contributed by atoms with Gasteiger partial charge < -0.3 is 5.32 Å². The molecule has 136 valence electrons. The summed E-state index contributed by atoms with van der Waals surface area (Å²) in [5.74, 6) is -0.790. The van der Waals surface area contributed by atoms with Gasteiger partial charge in [0.1, 0.15) is 0 Å². The summed E-state index contributed by atoms with van der Waals surface area (Å²) in [6.45, 7) is -0.206. The first-order chi connectivity index (χ1) is 13.1. The van der Waals surface area contributed by atoms with Crippen LogP contribution in [0.5, 0.6) is 0 Å². The van der Waals surface area contributed by atoms with Gasteiger partial charge >= 0.3 is 0 Å². The number of benzene rings is 3. The van der Waals surface area contributed by atoms with E-state index in [0.717, 1.165) is 10.8 Å². The molecule has 0 saturated carbocycles. The number of carbonyl (C=O) groups is 2. The molecule has 2 N–H and O–H groups in total. The molecule has 0 radical (unpaired) electrons. The SMILES string of the molecule is O=C(CNC(=O)c1cccc2ccccc12)NN=Cc1cccc(Cl)c1Cl. The minimum Gasteiger partial charge on any atom is -0.343 e. The fraction of sp³-hybridized carbons (Fsp3) is 0.0500. The second-order valence-electron chi connectivity index (χ2n) is 5.65. The van der Waals surface area contributed by atoms with Crippen molar-refractivity contribution in [3.05, 3.63) is 81.8 Å². The molecule has 0 spiro atoms. The zero-order valence-electron chi connectivity index (χ0n) is 14.1. The van der Waals surface area contributed by atoms with Crippen molar-refractivity contribution in [3.8, 4) is 0 Å². The van der Waals surface area contributed by atoms with E-state index in [2.05, 4.69) is 15.8 Å². The quantitative estimate of drug-likeness (QED) is 0.502. The summed E-state index contributed by atoms with van der Waals surface area (Å²) in [6.07, 6.45) is 1.39. The van der Waals surface area contributed by atoms with Crippen molar-refractivity contribution in [2.45, 2.75) is 0 Å². The zero-order chi connectivity index (χ0) is 19.2. The second-order valence-corrected chi connectivity index (χ2v) is 6.43. The highest BCUT2D eigenvalue weighted by molar-refractivity contribution is 6.43. The minimum atomic E-state index is -0.460. The summed E-state index contributed by atoms with van der Waals surface area (Å²) in [4.78, 5) is 24.3. The third-order valence-corrected chi connectivity index (χ3v) is 4.65. The van der Waals surface area contributed by atoms with Gasteiger partial charge in [-0.15, -0.1) is 0 Å². The fourth-order valence-electron chi connectivity index (χ4n) is 2.51. The van der Waals surface area contributed by atoms with Gasteiger partial charge in [-0.25, -0.2) is 5.43 Å². The molecule has 0 aliphatic carbocycles. The third kappa shape index (κ3) is 4.64. The van der Waals surface area contributed by atoms with Gasteiger partial charge in [-0.3, -0.25) is 9.59 Å². The molecule has 0 unspecified atom stereocenters. The van der Waals surface area contributed by atoms with Crippen LogP contribution in [0.15, 0.2) is 65.8 Å². The summed E-state index contributed by atoms with van der Waals surface area (Å²) in [7, 11) is 0. The van der Waals surface area contributed by atoms with E-state index in [1.54, 1.807) is 30.3 Å². The van der Waals surface area contributed by atoms with Crippen LogP contribution in [0.25, 0.3) is 10.8 Å². The Balaban J connectivity index is 1.58. The molecular formula is C20H15Cl2N3O2. The number of nitrogens with zero attached hydrogens (tertiary/aromatic N) is 1. The average Bonchev–Trinajstić information content (AvgIpc) is 2.69. The monoisotopic (exact) mass is 399 g/mol. The van der Waals surface area contributed by atoms with E-state index < -0.39 is 5.91 Å². The van der Waals surface area contributed by atoms with Crippen molar-refractivity contribution in [2.75, 3.05) is 6.54 Å². The number of halogens is 2. The Morgan fingerprint density at radius 2 is 1.70 bits per heavy atom.